The molecule has 0 radical (unpaired) electrons. The molecule has 4 bridgehead atoms. The molecule has 4 fully saturated rings. The van der Waals surface area contributed by atoms with Crippen LogP contribution in [0.4, 0.5) is 17.1 Å². The first kappa shape index (κ1) is 37.6. The van der Waals surface area contributed by atoms with E-state index in [1.807, 2.05) is 0 Å². The summed E-state index contributed by atoms with van der Waals surface area (Å²) < 4.78 is 0. The second kappa shape index (κ2) is 14.8. The van der Waals surface area contributed by atoms with Crippen molar-refractivity contribution in [3.05, 3.63) is 246 Å². The SMILES string of the molecule is c1ccc(-c2cccc3cccc(-c4ccccc4N(c4ccc(C56CC7CC(CC(C7)C5)C6)cc4)c4ccc5c(c4)-c4ccccc4C5(c4ccccc4)c4ccccc4)c23)cc1. The first-order chi connectivity index (χ1) is 31.7. The molecular formula is C63H51N. The minimum absolute atomic E-state index is 0.336. The van der Waals surface area contributed by atoms with Crippen LogP contribution in [0.1, 0.15) is 66.3 Å². The van der Waals surface area contributed by atoms with Gasteiger partial charge in [-0.05, 0) is 158 Å². The molecule has 9 aromatic carbocycles. The molecule has 1 heteroatoms. The predicted molar refractivity (Wildman–Crippen MR) is 267 cm³/mol. The molecule has 0 aliphatic heterocycles. The van der Waals surface area contributed by atoms with Crippen LogP contribution in [0, 0.1) is 17.8 Å². The molecule has 5 aliphatic carbocycles. The van der Waals surface area contributed by atoms with E-state index >= 15 is 0 Å². The van der Waals surface area contributed by atoms with E-state index in [1.165, 1.54) is 116 Å². The van der Waals surface area contributed by atoms with Gasteiger partial charge in [0.1, 0.15) is 0 Å². The summed E-state index contributed by atoms with van der Waals surface area (Å²) in [6.07, 6.45) is 8.47. The Morgan fingerprint density at radius 3 is 1.53 bits per heavy atom. The topological polar surface area (TPSA) is 3.24 Å². The molecular weight excluding hydrogens is 771 g/mol. The number of rotatable bonds is 8. The second-order valence-corrected chi connectivity index (χ2v) is 19.4. The fourth-order valence-corrected chi connectivity index (χ4v) is 13.8. The average Bonchev–Trinajstić information content (AvgIpc) is 3.65. The quantitative estimate of drug-likeness (QED) is 0.148. The summed E-state index contributed by atoms with van der Waals surface area (Å²) in [5, 5.41) is 2.52. The minimum atomic E-state index is -0.452. The lowest BCUT2D eigenvalue weighted by Crippen LogP contribution is -2.48. The number of para-hydroxylation sites is 1. The van der Waals surface area contributed by atoms with Crippen LogP contribution in [0.25, 0.3) is 44.2 Å². The van der Waals surface area contributed by atoms with Crippen LogP contribution < -0.4 is 4.90 Å². The molecule has 5 aliphatic rings. The molecule has 4 saturated carbocycles. The van der Waals surface area contributed by atoms with Crippen LogP contribution in [-0.2, 0) is 10.8 Å². The molecule has 0 atom stereocenters. The Morgan fingerprint density at radius 1 is 0.359 bits per heavy atom. The molecule has 0 heterocycles. The summed E-state index contributed by atoms with van der Waals surface area (Å²) in [6.45, 7) is 0. The zero-order chi connectivity index (χ0) is 42.2. The maximum absolute atomic E-state index is 2.55. The van der Waals surface area contributed by atoms with E-state index < -0.39 is 5.41 Å². The van der Waals surface area contributed by atoms with Crippen molar-refractivity contribution in [2.24, 2.45) is 17.8 Å². The van der Waals surface area contributed by atoms with E-state index in [0.29, 0.717) is 5.41 Å². The molecule has 0 saturated heterocycles. The highest BCUT2D eigenvalue weighted by Gasteiger charge is 2.51. The van der Waals surface area contributed by atoms with Gasteiger partial charge in [0.15, 0.2) is 0 Å². The predicted octanol–water partition coefficient (Wildman–Crippen LogP) is 16.5. The van der Waals surface area contributed by atoms with Crippen molar-refractivity contribution in [2.75, 3.05) is 4.90 Å². The van der Waals surface area contributed by atoms with E-state index in [1.54, 1.807) is 5.56 Å². The molecule has 1 nitrogen and oxygen atoms in total. The number of nitrogens with zero attached hydrogens (tertiary/aromatic N) is 1. The fraction of sp³-hybridized carbons (Fsp3) is 0.175. The van der Waals surface area contributed by atoms with Gasteiger partial charge in [-0.2, -0.15) is 0 Å². The number of anilines is 3. The van der Waals surface area contributed by atoms with Gasteiger partial charge in [-0.3, -0.25) is 0 Å². The maximum atomic E-state index is 2.55. The lowest BCUT2D eigenvalue weighted by atomic mass is 9.48. The number of hydrogen-bond donors (Lipinski definition) is 0. The highest BCUT2D eigenvalue weighted by atomic mass is 15.1. The van der Waals surface area contributed by atoms with E-state index in [9.17, 15) is 0 Å². The second-order valence-electron chi connectivity index (χ2n) is 19.4. The van der Waals surface area contributed by atoms with E-state index in [0.717, 1.165) is 23.4 Å². The third kappa shape index (κ3) is 5.76. The molecule has 64 heavy (non-hydrogen) atoms. The smallest absolute Gasteiger partial charge is 0.0713 e. The Labute approximate surface area is 377 Å². The van der Waals surface area contributed by atoms with Gasteiger partial charge < -0.3 is 4.90 Å². The van der Waals surface area contributed by atoms with Gasteiger partial charge in [-0.25, -0.2) is 0 Å². The first-order valence-corrected chi connectivity index (χ1v) is 23.6. The summed E-state index contributed by atoms with van der Waals surface area (Å²) in [5.74, 6) is 2.72. The van der Waals surface area contributed by atoms with Gasteiger partial charge in [-0.1, -0.05) is 188 Å². The lowest BCUT2D eigenvalue weighted by molar-refractivity contribution is -0.00518. The highest BCUT2D eigenvalue weighted by molar-refractivity contribution is 6.09. The van der Waals surface area contributed by atoms with Crippen molar-refractivity contribution in [3.8, 4) is 33.4 Å². The van der Waals surface area contributed by atoms with Crippen molar-refractivity contribution < 1.29 is 0 Å². The summed E-state index contributed by atoms with van der Waals surface area (Å²) in [4.78, 5) is 2.55. The van der Waals surface area contributed by atoms with Gasteiger partial charge in [0.25, 0.3) is 0 Å². The maximum Gasteiger partial charge on any atom is 0.0713 e. The molecule has 14 rings (SSSR count). The standard InChI is InChI=1S/C63H51N/c1-4-16-46(17-5-1)53-26-14-18-47-19-15-27-56(61(47)53)55-25-11-13-29-60(55)64(51-32-30-48(31-33-51)62-40-43-36-44(41-62)38-45(37-43)42-62)52-34-35-59-57(39-52)54-24-10-12-28-58(54)63(59,49-20-6-2-7-21-49)50-22-8-3-9-23-50/h1-35,39,43-45H,36-38,40-42H2. The van der Waals surface area contributed by atoms with Crippen LogP contribution in [0.5, 0.6) is 0 Å². The largest absolute Gasteiger partial charge is 0.310 e. The van der Waals surface area contributed by atoms with Crippen LogP contribution in [0.15, 0.2) is 218 Å². The molecule has 0 aromatic heterocycles. The van der Waals surface area contributed by atoms with Gasteiger partial charge in [0, 0.05) is 16.9 Å². The van der Waals surface area contributed by atoms with Gasteiger partial charge in [0.05, 0.1) is 11.1 Å². The van der Waals surface area contributed by atoms with Crippen LogP contribution in [-0.4, -0.2) is 0 Å². The van der Waals surface area contributed by atoms with Crippen molar-refractivity contribution in [1.82, 2.24) is 0 Å². The number of fused-ring (bicyclic) bond motifs is 4. The summed E-state index contributed by atoms with van der Waals surface area (Å²) in [6, 6.07) is 82.2. The van der Waals surface area contributed by atoms with Crippen LogP contribution >= 0.6 is 0 Å². The van der Waals surface area contributed by atoms with Gasteiger partial charge in [-0.15, -0.1) is 0 Å². The Morgan fingerprint density at radius 2 is 0.875 bits per heavy atom. The van der Waals surface area contributed by atoms with Crippen molar-refractivity contribution in [3.63, 3.8) is 0 Å². The van der Waals surface area contributed by atoms with Gasteiger partial charge in [0.2, 0.25) is 0 Å². The zero-order valence-electron chi connectivity index (χ0n) is 36.2. The Bertz CT molecular complexity index is 3100. The minimum Gasteiger partial charge on any atom is -0.310 e. The number of hydrogen-bond acceptors (Lipinski definition) is 1. The molecule has 0 unspecified atom stereocenters. The third-order valence-electron chi connectivity index (χ3n) is 15.9. The summed E-state index contributed by atoms with van der Waals surface area (Å²) >= 11 is 0. The van der Waals surface area contributed by atoms with E-state index in [4.69, 9.17) is 0 Å². The molecule has 308 valence electrons. The Kier molecular flexibility index (Phi) is 8.70. The van der Waals surface area contributed by atoms with E-state index in [2.05, 4.69) is 223 Å². The van der Waals surface area contributed by atoms with Crippen molar-refractivity contribution in [2.45, 2.75) is 49.4 Å². The molecule has 0 N–H and O–H groups in total. The van der Waals surface area contributed by atoms with Crippen LogP contribution in [0.3, 0.4) is 0 Å². The summed E-state index contributed by atoms with van der Waals surface area (Å²) in [7, 11) is 0. The van der Waals surface area contributed by atoms with Crippen molar-refractivity contribution >= 4 is 27.8 Å². The monoisotopic (exact) mass is 821 g/mol. The van der Waals surface area contributed by atoms with Gasteiger partial charge >= 0.3 is 0 Å². The lowest BCUT2D eigenvalue weighted by Gasteiger charge is -2.57. The summed E-state index contributed by atoms with van der Waals surface area (Å²) in [5.41, 5.74) is 17.7. The number of benzene rings is 9. The zero-order valence-corrected chi connectivity index (χ0v) is 36.2. The molecule has 0 spiro atoms. The average molecular weight is 822 g/mol. The highest BCUT2D eigenvalue weighted by Crippen LogP contribution is 2.61. The fourth-order valence-electron chi connectivity index (χ4n) is 13.8. The Balaban J connectivity index is 1.03. The van der Waals surface area contributed by atoms with Crippen molar-refractivity contribution in [1.29, 1.82) is 0 Å². The van der Waals surface area contributed by atoms with E-state index in [-0.39, 0.29) is 0 Å². The molecule has 9 aromatic rings. The van der Waals surface area contributed by atoms with Crippen LogP contribution in [0.2, 0.25) is 0 Å². The normalized spacial score (nSPS) is 21.1. The third-order valence-corrected chi connectivity index (χ3v) is 15.9. The first-order valence-electron chi connectivity index (χ1n) is 23.6. The Hall–Kier alpha value is -6.96. The molecule has 0 amide bonds.